The van der Waals surface area contributed by atoms with Gasteiger partial charge in [0.1, 0.15) is 6.07 Å². The highest BCUT2D eigenvalue weighted by Gasteiger charge is 2.11. The number of carboxylic acids is 1. The van der Waals surface area contributed by atoms with Crippen LogP contribution in [-0.2, 0) is 14.3 Å². The summed E-state index contributed by atoms with van der Waals surface area (Å²) in [7, 11) is 0. The molecule has 0 rings (SSSR count). The van der Waals surface area contributed by atoms with Crippen molar-refractivity contribution in [2.24, 2.45) is 0 Å². The fourth-order valence-electron chi connectivity index (χ4n) is 0.160. The van der Waals surface area contributed by atoms with E-state index in [-0.39, 0.29) is 0 Å². The van der Waals surface area contributed by atoms with E-state index in [1.54, 1.807) is 0 Å². The molecule has 0 heterocycles. The molecule has 0 aliphatic carbocycles. The molecule has 0 aliphatic rings. The summed E-state index contributed by atoms with van der Waals surface area (Å²) in [4.78, 5) is 19.6. The molecule has 48 valence electrons. The van der Waals surface area contributed by atoms with Crippen molar-refractivity contribution in [3.8, 4) is 6.07 Å². The molecule has 0 aromatic rings. The maximum Gasteiger partial charge on any atom is 0.418 e. The third-order valence-corrected chi connectivity index (χ3v) is 0.442. The maximum absolute atomic E-state index is 9.93. The average Bonchev–Trinajstić information content (AvgIpc) is 1.82. The number of carbonyl (C=O) groups excluding carboxylic acids is 1. The fourth-order valence-corrected chi connectivity index (χ4v) is 0.160. The van der Waals surface area contributed by atoms with Crippen molar-refractivity contribution in [3.05, 3.63) is 0 Å². The summed E-state index contributed by atoms with van der Waals surface area (Å²) in [6.45, 7) is -0.523. The zero-order valence-corrected chi connectivity index (χ0v) is 4.33. The van der Waals surface area contributed by atoms with Gasteiger partial charge in [-0.15, -0.1) is 0 Å². The Labute approximate surface area is 50.5 Å². The number of rotatable bonds is 1. The molecular formula is C4H3NO4. The van der Waals surface area contributed by atoms with E-state index in [0.29, 0.717) is 0 Å². The van der Waals surface area contributed by atoms with Crippen LogP contribution in [0.1, 0.15) is 0 Å². The van der Waals surface area contributed by atoms with Crippen molar-refractivity contribution in [2.45, 2.75) is 0 Å². The summed E-state index contributed by atoms with van der Waals surface area (Å²) >= 11 is 0. The highest BCUT2D eigenvalue weighted by molar-refractivity contribution is 6.28. The molecule has 5 nitrogen and oxygen atoms in total. The van der Waals surface area contributed by atoms with Gasteiger partial charge in [-0.05, 0) is 0 Å². The number of hydrogen-bond donors (Lipinski definition) is 1. The molecule has 0 bridgehead atoms. The molecule has 0 saturated carbocycles. The topological polar surface area (TPSA) is 87.4 Å². The fraction of sp³-hybridized carbons (Fsp3) is 0.250. The first-order valence-electron chi connectivity index (χ1n) is 1.95. The van der Waals surface area contributed by atoms with E-state index in [4.69, 9.17) is 10.4 Å². The minimum Gasteiger partial charge on any atom is -0.473 e. The number of esters is 1. The Morgan fingerprint density at radius 1 is 1.67 bits per heavy atom. The number of carboxylic acid groups (broad SMARTS) is 1. The van der Waals surface area contributed by atoms with Gasteiger partial charge in [-0.25, -0.2) is 9.59 Å². The van der Waals surface area contributed by atoms with Gasteiger partial charge in [0, 0.05) is 0 Å². The largest absolute Gasteiger partial charge is 0.473 e. The molecule has 0 aromatic heterocycles. The minimum absolute atomic E-state index is 0.523. The van der Waals surface area contributed by atoms with Crippen molar-refractivity contribution in [1.29, 1.82) is 5.26 Å². The maximum atomic E-state index is 9.93. The zero-order chi connectivity index (χ0) is 7.28. The van der Waals surface area contributed by atoms with Crippen LogP contribution < -0.4 is 0 Å². The summed E-state index contributed by atoms with van der Waals surface area (Å²) in [5.74, 6) is -3.10. The third kappa shape index (κ3) is 3.05. The van der Waals surface area contributed by atoms with Crippen molar-refractivity contribution in [2.75, 3.05) is 6.61 Å². The van der Waals surface area contributed by atoms with Gasteiger partial charge in [0.15, 0.2) is 6.61 Å². The number of nitriles is 1. The van der Waals surface area contributed by atoms with Crippen LogP contribution in [0.4, 0.5) is 0 Å². The van der Waals surface area contributed by atoms with Gasteiger partial charge < -0.3 is 9.84 Å². The predicted molar refractivity (Wildman–Crippen MR) is 24.2 cm³/mol. The summed E-state index contributed by atoms with van der Waals surface area (Å²) < 4.78 is 3.85. The second kappa shape index (κ2) is 3.43. The Morgan fingerprint density at radius 3 is 2.56 bits per heavy atom. The smallest absolute Gasteiger partial charge is 0.418 e. The van der Waals surface area contributed by atoms with Gasteiger partial charge in [0.05, 0.1) is 0 Å². The molecular weight excluding hydrogens is 126 g/mol. The second-order valence-electron chi connectivity index (χ2n) is 1.04. The first-order chi connectivity index (χ1) is 4.18. The monoisotopic (exact) mass is 129 g/mol. The summed E-state index contributed by atoms with van der Waals surface area (Å²) in [5.41, 5.74) is 0. The molecule has 9 heavy (non-hydrogen) atoms. The van der Waals surface area contributed by atoms with Crippen LogP contribution in [0.25, 0.3) is 0 Å². The van der Waals surface area contributed by atoms with Crippen LogP contribution in [0.15, 0.2) is 0 Å². The summed E-state index contributed by atoms with van der Waals surface area (Å²) in [5, 5.41) is 15.6. The van der Waals surface area contributed by atoms with Crippen molar-refractivity contribution in [3.63, 3.8) is 0 Å². The van der Waals surface area contributed by atoms with E-state index in [2.05, 4.69) is 4.74 Å². The highest BCUT2D eigenvalue weighted by atomic mass is 16.6. The lowest BCUT2D eigenvalue weighted by atomic mass is 10.7. The molecule has 0 atom stereocenters. The molecule has 0 aliphatic heterocycles. The normalized spacial score (nSPS) is 7.44. The van der Waals surface area contributed by atoms with E-state index in [9.17, 15) is 9.59 Å². The highest BCUT2D eigenvalue weighted by Crippen LogP contribution is 1.75. The second-order valence-corrected chi connectivity index (χ2v) is 1.04. The van der Waals surface area contributed by atoms with E-state index in [1.807, 2.05) is 0 Å². The van der Waals surface area contributed by atoms with Gasteiger partial charge >= 0.3 is 11.9 Å². The van der Waals surface area contributed by atoms with Crippen molar-refractivity contribution < 1.29 is 19.4 Å². The molecule has 0 fully saturated rings. The molecule has 0 unspecified atom stereocenters. The van der Waals surface area contributed by atoms with Crippen LogP contribution in [0.2, 0.25) is 0 Å². The number of nitrogens with zero attached hydrogens (tertiary/aromatic N) is 1. The van der Waals surface area contributed by atoms with E-state index < -0.39 is 18.5 Å². The number of hydrogen-bond acceptors (Lipinski definition) is 4. The first kappa shape index (κ1) is 7.43. The number of carbonyl (C=O) groups is 2. The Hall–Kier alpha value is -1.57. The summed E-state index contributed by atoms with van der Waals surface area (Å²) in [6, 6.07) is 1.45. The Kier molecular flexibility index (Phi) is 2.84. The Balaban J connectivity index is 3.55. The van der Waals surface area contributed by atoms with Crippen LogP contribution in [-0.4, -0.2) is 23.7 Å². The molecule has 5 heteroatoms. The average molecular weight is 129 g/mol. The van der Waals surface area contributed by atoms with Crippen molar-refractivity contribution >= 4 is 11.9 Å². The standard InChI is InChI=1S/C4H3NO4/c5-1-2-9-4(8)3(6)7/h2H2,(H,6,7). The minimum atomic E-state index is -1.69. The molecule has 0 spiro atoms. The lowest BCUT2D eigenvalue weighted by Crippen LogP contribution is -2.16. The Morgan fingerprint density at radius 2 is 2.22 bits per heavy atom. The quantitative estimate of drug-likeness (QED) is 0.367. The molecule has 0 saturated heterocycles. The van der Waals surface area contributed by atoms with Gasteiger partial charge in [-0.1, -0.05) is 0 Å². The van der Waals surface area contributed by atoms with E-state index in [1.165, 1.54) is 6.07 Å². The van der Waals surface area contributed by atoms with Gasteiger partial charge in [-0.3, -0.25) is 0 Å². The van der Waals surface area contributed by atoms with Crippen LogP contribution >= 0.6 is 0 Å². The lowest BCUT2D eigenvalue weighted by molar-refractivity contribution is -0.162. The van der Waals surface area contributed by atoms with Crippen molar-refractivity contribution in [1.82, 2.24) is 0 Å². The van der Waals surface area contributed by atoms with Gasteiger partial charge in [0.25, 0.3) is 0 Å². The Bertz CT molecular complexity index is 168. The summed E-state index contributed by atoms with van der Waals surface area (Å²) in [6.07, 6.45) is 0. The number of ether oxygens (including phenoxy) is 1. The van der Waals surface area contributed by atoms with Crippen LogP contribution in [0.3, 0.4) is 0 Å². The van der Waals surface area contributed by atoms with Crippen LogP contribution in [0, 0.1) is 11.3 Å². The molecule has 0 amide bonds. The van der Waals surface area contributed by atoms with Gasteiger partial charge in [0.2, 0.25) is 0 Å². The SMILES string of the molecule is N#CCOC(=O)C(=O)O. The molecule has 1 N–H and O–H groups in total. The van der Waals surface area contributed by atoms with Crippen LogP contribution in [0.5, 0.6) is 0 Å². The zero-order valence-electron chi connectivity index (χ0n) is 4.33. The molecule has 0 aromatic carbocycles. The molecule has 0 radical (unpaired) electrons. The van der Waals surface area contributed by atoms with Gasteiger partial charge in [-0.2, -0.15) is 5.26 Å². The number of aliphatic carboxylic acids is 1. The third-order valence-electron chi connectivity index (χ3n) is 0.442. The predicted octanol–water partition coefficient (Wildman–Crippen LogP) is -0.862. The van der Waals surface area contributed by atoms with E-state index in [0.717, 1.165) is 0 Å². The first-order valence-corrected chi connectivity index (χ1v) is 1.95. The lowest BCUT2D eigenvalue weighted by Gasteiger charge is -1.90. The van der Waals surface area contributed by atoms with E-state index >= 15 is 0 Å².